The monoisotopic (exact) mass is 325 g/mol. The lowest BCUT2D eigenvalue weighted by Gasteiger charge is -2.25. The van der Waals surface area contributed by atoms with E-state index in [4.69, 9.17) is 4.74 Å². The molecule has 0 aliphatic carbocycles. The predicted octanol–water partition coefficient (Wildman–Crippen LogP) is 0.641. The van der Waals surface area contributed by atoms with Crippen LogP contribution < -0.4 is 10.2 Å². The summed E-state index contributed by atoms with van der Waals surface area (Å²) >= 11 is 0. The minimum absolute atomic E-state index is 0.0345. The van der Waals surface area contributed by atoms with Crippen molar-refractivity contribution in [3.63, 3.8) is 0 Å². The topological polar surface area (TPSA) is 80.2 Å². The summed E-state index contributed by atoms with van der Waals surface area (Å²) in [6.45, 7) is 2.84. The maximum Gasteiger partial charge on any atom is 0.231 e. The molecule has 2 saturated heterocycles. The molecule has 2 fully saturated rings. The van der Waals surface area contributed by atoms with E-state index in [1.807, 2.05) is 12.1 Å². The standard InChI is InChI=1S/C17H19N5O2/c23-15(21-8-13-3-1-4-18-7-13)17-11-22(9-14(17)10-24-12-17)16-19-5-2-6-20-16/h1-7,14H,8-12H2,(H,21,23)/t14-,17-/m0/s1. The third kappa shape index (κ3) is 2.60. The van der Waals surface area contributed by atoms with Crippen LogP contribution in [-0.2, 0) is 16.1 Å². The highest BCUT2D eigenvalue weighted by Crippen LogP contribution is 2.42. The van der Waals surface area contributed by atoms with Gasteiger partial charge in [0.05, 0.1) is 18.6 Å². The Kier molecular flexibility index (Phi) is 3.86. The molecule has 0 bridgehead atoms. The molecule has 0 saturated carbocycles. The zero-order chi connectivity index (χ0) is 16.4. The molecule has 2 aliphatic heterocycles. The highest BCUT2D eigenvalue weighted by molar-refractivity contribution is 5.85. The van der Waals surface area contributed by atoms with Gasteiger partial charge in [0.25, 0.3) is 0 Å². The number of nitrogens with one attached hydrogen (secondary N) is 1. The predicted molar refractivity (Wildman–Crippen MR) is 87.1 cm³/mol. The average molecular weight is 325 g/mol. The van der Waals surface area contributed by atoms with Crippen LogP contribution in [0, 0.1) is 11.3 Å². The van der Waals surface area contributed by atoms with Crippen LogP contribution in [0.15, 0.2) is 43.0 Å². The Morgan fingerprint density at radius 2 is 2.21 bits per heavy atom. The van der Waals surface area contributed by atoms with Crippen molar-refractivity contribution >= 4 is 11.9 Å². The molecule has 0 aromatic carbocycles. The van der Waals surface area contributed by atoms with Gasteiger partial charge in [-0.2, -0.15) is 0 Å². The molecule has 7 heteroatoms. The lowest BCUT2D eigenvalue weighted by molar-refractivity contribution is -0.131. The van der Waals surface area contributed by atoms with Crippen LogP contribution in [0.1, 0.15) is 5.56 Å². The largest absolute Gasteiger partial charge is 0.380 e. The number of pyridine rings is 1. The highest BCUT2D eigenvalue weighted by atomic mass is 16.5. The van der Waals surface area contributed by atoms with E-state index in [0.29, 0.717) is 32.3 Å². The van der Waals surface area contributed by atoms with Crippen molar-refractivity contribution in [3.05, 3.63) is 48.5 Å². The van der Waals surface area contributed by atoms with Crippen molar-refractivity contribution in [2.45, 2.75) is 6.54 Å². The molecule has 4 rings (SSSR count). The number of anilines is 1. The van der Waals surface area contributed by atoms with E-state index in [1.165, 1.54) is 0 Å². The van der Waals surface area contributed by atoms with Gasteiger partial charge in [0, 0.05) is 50.3 Å². The molecule has 0 radical (unpaired) electrons. The summed E-state index contributed by atoms with van der Waals surface area (Å²) in [6.07, 6.45) is 6.93. The molecule has 0 unspecified atom stereocenters. The van der Waals surface area contributed by atoms with Gasteiger partial charge in [-0.3, -0.25) is 9.78 Å². The molecule has 124 valence electrons. The summed E-state index contributed by atoms with van der Waals surface area (Å²) in [6, 6.07) is 5.61. The van der Waals surface area contributed by atoms with Crippen LogP contribution in [0.4, 0.5) is 5.95 Å². The fourth-order valence-electron chi connectivity index (χ4n) is 3.52. The SMILES string of the molecule is O=C(NCc1cccnc1)[C@@]12COC[C@@H]1CN(c1ncccn1)C2. The lowest BCUT2D eigenvalue weighted by Crippen LogP contribution is -2.46. The molecule has 2 aromatic rings. The van der Waals surface area contributed by atoms with Crippen LogP contribution in [0.3, 0.4) is 0 Å². The summed E-state index contributed by atoms with van der Waals surface area (Å²) in [5, 5.41) is 3.05. The molecule has 1 N–H and O–H groups in total. The second kappa shape index (κ2) is 6.16. The number of amides is 1. The maximum atomic E-state index is 12.9. The van der Waals surface area contributed by atoms with Gasteiger partial charge < -0.3 is 15.0 Å². The first kappa shape index (κ1) is 15.0. The Bertz CT molecular complexity index is 711. The van der Waals surface area contributed by atoms with E-state index in [0.717, 1.165) is 12.1 Å². The number of rotatable bonds is 4. The smallest absolute Gasteiger partial charge is 0.231 e. The molecular formula is C17H19N5O2. The number of hydrogen-bond donors (Lipinski definition) is 1. The normalized spacial score (nSPS) is 25.5. The Morgan fingerprint density at radius 1 is 1.33 bits per heavy atom. The Balaban J connectivity index is 1.49. The molecule has 2 atom stereocenters. The van der Waals surface area contributed by atoms with Crippen molar-refractivity contribution in [3.8, 4) is 0 Å². The van der Waals surface area contributed by atoms with Crippen molar-refractivity contribution in [1.82, 2.24) is 20.3 Å². The quantitative estimate of drug-likeness (QED) is 0.889. The second-order valence-corrected chi connectivity index (χ2v) is 6.34. The van der Waals surface area contributed by atoms with Gasteiger partial charge in [0.1, 0.15) is 0 Å². The first-order valence-electron chi connectivity index (χ1n) is 8.05. The van der Waals surface area contributed by atoms with Crippen molar-refractivity contribution in [2.24, 2.45) is 11.3 Å². The number of carbonyl (C=O) groups excluding carboxylic acids is 1. The minimum Gasteiger partial charge on any atom is -0.380 e. The van der Waals surface area contributed by atoms with Crippen LogP contribution in [0.5, 0.6) is 0 Å². The number of fused-ring (bicyclic) bond motifs is 1. The molecule has 0 spiro atoms. The maximum absolute atomic E-state index is 12.9. The van der Waals surface area contributed by atoms with Gasteiger partial charge in [-0.25, -0.2) is 9.97 Å². The fraction of sp³-hybridized carbons (Fsp3) is 0.412. The van der Waals surface area contributed by atoms with E-state index in [-0.39, 0.29) is 11.8 Å². The van der Waals surface area contributed by atoms with Crippen LogP contribution in [0.2, 0.25) is 0 Å². The van der Waals surface area contributed by atoms with E-state index in [1.54, 1.807) is 30.9 Å². The molecular weight excluding hydrogens is 306 g/mol. The summed E-state index contributed by atoms with van der Waals surface area (Å²) in [7, 11) is 0. The molecule has 7 nitrogen and oxygen atoms in total. The van der Waals surface area contributed by atoms with E-state index < -0.39 is 5.41 Å². The number of hydrogen-bond acceptors (Lipinski definition) is 6. The number of nitrogens with zero attached hydrogens (tertiary/aromatic N) is 4. The summed E-state index contributed by atoms with van der Waals surface area (Å²) in [4.78, 5) is 27.7. The first-order valence-corrected chi connectivity index (χ1v) is 8.05. The van der Waals surface area contributed by atoms with E-state index >= 15 is 0 Å². The van der Waals surface area contributed by atoms with Crippen molar-refractivity contribution in [1.29, 1.82) is 0 Å². The third-order valence-corrected chi connectivity index (χ3v) is 4.84. The first-order chi connectivity index (χ1) is 11.8. The van der Waals surface area contributed by atoms with Gasteiger partial charge >= 0.3 is 0 Å². The zero-order valence-corrected chi connectivity index (χ0v) is 13.3. The Labute approximate surface area is 140 Å². The van der Waals surface area contributed by atoms with Crippen LogP contribution in [0.25, 0.3) is 0 Å². The Hall–Kier alpha value is -2.54. The van der Waals surface area contributed by atoms with E-state index in [2.05, 4.69) is 25.2 Å². The Morgan fingerprint density at radius 3 is 3.00 bits per heavy atom. The lowest BCUT2D eigenvalue weighted by atomic mass is 9.80. The molecule has 2 aromatic heterocycles. The summed E-state index contributed by atoms with van der Waals surface area (Å²) in [5.41, 5.74) is 0.459. The van der Waals surface area contributed by atoms with Gasteiger partial charge in [-0.05, 0) is 17.7 Å². The second-order valence-electron chi connectivity index (χ2n) is 6.34. The van der Waals surface area contributed by atoms with Crippen LogP contribution in [-0.4, -0.2) is 47.2 Å². The summed E-state index contributed by atoms with van der Waals surface area (Å²) < 4.78 is 5.63. The zero-order valence-electron chi connectivity index (χ0n) is 13.3. The number of ether oxygens (including phenoxy) is 1. The number of carbonyl (C=O) groups is 1. The van der Waals surface area contributed by atoms with E-state index in [9.17, 15) is 4.79 Å². The highest BCUT2D eigenvalue weighted by Gasteiger charge is 2.56. The van der Waals surface area contributed by atoms with Gasteiger partial charge in [-0.15, -0.1) is 0 Å². The fourth-order valence-corrected chi connectivity index (χ4v) is 3.52. The molecule has 1 amide bonds. The molecule has 24 heavy (non-hydrogen) atoms. The summed E-state index contributed by atoms with van der Waals surface area (Å²) in [5.74, 6) is 0.869. The minimum atomic E-state index is -0.526. The van der Waals surface area contributed by atoms with Gasteiger partial charge in [0.2, 0.25) is 11.9 Å². The van der Waals surface area contributed by atoms with Crippen molar-refractivity contribution in [2.75, 3.05) is 31.2 Å². The van der Waals surface area contributed by atoms with Gasteiger partial charge in [-0.1, -0.05) is 6.07 Å². The molecule has 2 aliphatic rings. The number of aromatic nitrogens is 3. The molecule has 4 heterocycles. The van der Waals surface area contributed by atoms with Gasteiger partial charge in [0.15, 0.2) is 0 Å². The van der Waals surface area contributed by atoms with Crippen LogP contribution >= 0.6 is 0 Å². The van der Waals surface area contributed by atoms with Crippen molar-refractivity contribution < 1.29 is 9.53 Å². The third-order valence-electron chi connectivity index (χ3n) is 4.84. The average Bonchev–Trinajstić information content (AvgIpc) is 3.20.